The first-order chi connectivity index (χ1) is 19.2. The molecule has 40 heavy (non-hydrogen) atoms. The highest BCUT2D eigenvalue weighted by molar-refractivity contribution is 7.92. The first-order valence-electron chi connectivity index (χ1n) is 12.8. The molecule has 2 amide bonds. The van der Waals surface area contributed by atoms with E-state index in [0.717, 1.165) is 4.31 Å². The highest BCUT2D eigenvalue weighted by Gasteiger charge is 2.34. The smallest absolute Gasteiger partial charge is 0.264 e. The normalized spacial score (nSPS) is 11.8. The number of carbonyl (C=O) groups is 2. The topological polar surface area (TPSA) is 105 Å². The van der Waals surface area contributed by atoms with Gasteiger partial charge in [0.25, 0.3) is 10.0 Å². The van der Waals surface area contributed by atoms with Crippen LogP contribution in [-0.4, -0.2) is 58.5 Å². The van der Waals surface area contributed by atoms with E-state index >= 15 is 0 Å². The molecule has 0 fully saturated rings. The van der Waals surface area contributed by atoms with E-state index in [4.69, 9.17) is 21.1 Å². The third-order valence-corrected chi connectivity index (χ3v) is 8.46. The SMILES string of the molecule is CCNC(=O)[C@@H](CC)N(Cc1ccccc1Cl)C(=O)CN(c1ccc(OC)c(OC)c1)S(=O)(=O)c1ccccc1. The van der Waals surface area contributed by atoms with Crippen molar-refractivity contribution in [3.63, 3.8) is 0 Å². The first kappa shape index (κ1) is 30.8. The number of rotatable bonds is 13. The number of benzene rings is 3. The van der Waals surface area contributed by atoms with Crippen molar-refractivity contribution in [1.82, 2.24) is 10.2 Å². The Morgan fingerprint density at radius 1 is 0.925 bits per heavy atom. The molecule has 0 spiro atoms. The molecule has 0 unspecified atom stereocenters. The maximum Gasteiger partial charge on any atom is 0.264 e. The number of methoxy groups -OCH3 is 2. The molecular weight excluding hydrogens is 554 g/mol. The molecule has 0 radical (unpaired) electrons. The number of anilines is 1. The highest BCUT2D eigenvalue weighted by atomic mass is 35.5. The molecule has 0 saturated heterocycles. The molecule has 0 saturated carbocycles. The zero-order valence-electron chi connectivity index (χ0n) is 23.0. The fourth-order valence-electron chi connectivity index (χ4n) is 4.25. The van der Waals surface area contributed by atoms with Gasteiger partial charge < -0.3 is 19.7 Å². The molecule has 3 aromatic carbocycles. The summed E-state index contributed by atoms with van der Waals surface area (Å²) in [6, 6.07) is 18.6. The number of halogens is 1. The van der Waals surface area contributed by atoms with Crippen LogP contribution in [0, 0.1) is 0 Å². The summed E-state index contributed by atoms with van der Waals surface area (Å²) < 4.78 is 39.5. The summed E-state index contributed by atoms with van der Waals surface area (Å²) in [6.45, 7) is 3.39. The number of likely N-dealkylation sites (N-methyl/N-ethyl adjacent to an activating group) is 1. The Bertz CT molecular complexity index is 1420. The third kappa shape index (κ3) is 7.05. The lowest BCUT2D eigenvalue weighted by Gasteiger charge is -2.33. The van der Waals surface area contributed by atoms with Crippen LogP contribution in [-0.2, 0) is 26.2 Å². The Balaban J connectivity index is 2.11. The molecule has 1 N–H and O–H groups in total. The van der Waals surface area contributed by atoms with Gasteiger partial charge in [0.05, 0.1) is 24.8 Å². The number of hydrogen-bond donors (Lipinski definition) is 1. The van der Waals surface area contributed by atoms with Crippen LogP contribution in [0.5, 0.6) is 11.5 Å². The Hall–Kier alpha value is -3.76. The highest BCUT2D eigenvalue weighted by Crippen LogP contribution is 2.34. The minimum Gasteiger partial charge on any atom is -0.493 e. The summed E-state index contributed by atoms with van der Waals surface area (Å²) in [4.78, 5) is 28.5. The van der Waals surface area contributed by atoms with Gasteiger partial charge in [-0.1, -0.05) is 54.9 Å². The third-order valence-electron chi connectivity index (χ3n) is 6.30. The van der Waals surface area contributed by atoms with E-state index in [2.05, 4.69) is 5.32 Å². The summed E-state index contributed by atoms with van der Waals surface area (Å²) >= 11 is 6.41. The molecular formula is C29H34ClN3O6S. The zero-order chi connectivity index (χ0) is 29.3. The van der Waals surface area contributed by atoms with E-state index in [0.29, 0.717) is 35.1 Å². The van der Waals surface area contributed by atoms with Gasteiger partial charge >= 0.3 is 0 Å². The summed E-state index contributed by atoms with van der Waals surface area (Å²) in [5.74, 6) is -0.221. The van der Waals surface area contributed by atoms with Gasteiger partial charge in [-0.25, -0.2) is 8.42 Å². The van der Waals surface area contributed by atoms with Crippen molar-refractivity contribution in [2.75, 3.05) is 31.6 Å². The number of hydrogen-bond acceptors (Lipinski definition) is 6. The average Bonchev–Trinajstić information content (AvgIpc) is 2.96. The van der Waals surface area contributed by atoms with E-state index in [1.165, 1.54) is 43.4 Å². The van der Waals surface area contributed by atoms with Gasteiger partial charge in [-0.05, 0) is 49.2 Å². The molecule has 9 nitrogen and oxygen atoms in total. The first-order valence-corrected chi connectivity index (χ1v) is 14.6. The molecule has 11 heteroatoms. The Labute approximate surface area is 240 Å². The van der Waals surface area contributed by atoms with Crippen LogP contribution in [0.25, 0.3) is 0 Å². The number of ether oxygens (including phenoxy) is 2. The van der Waals surface area contributed by atoms with Gasteiger partial charge in [0.15, 0.2) is 11.5 Å². The predicted molar refractivity (Wildman–Crippen MR) is 155 cm³/mol. The molecule has 0 aliphatic heterocycles. The van der Waals surface area contributed by atoms with Crippen molar-refractivity contribution < 1.29 is 27.5 Å². The Morgan fingerprint density at radius 3 is 2.17 bits per heavy atom. The van der Waals surface area contributed by atoms with Gasteiger partial charge in [0.2, 0.25) is 11.8 Å². The van der Waals surface area contributed by atoms with Gasteiger partial charge in [-0.3, -0.25) is 13.9 Å². The number of nitrogens with one attached hydrogen (secondary N) is 1. The molecule has 3 rings (SSSR count). The molecule has 1 atom stereocenters. The maximum atomic E-state index is 14.0. The molecule has 0 aromatic heterocycles. The standard InChI is InChI=1S/C29H34ClN3O6S/c1-5-25(29(35)31-6-2)32(19-21-12-10-11-15-24(21)30)28(34)20-33(40(36,37)23-13-8-7-9-14-23)22-16-17-26(38-3)27(18-22)39-4/h7-18,25H,5-6,19-20H2,1-4H3,(H,31,35)/t25-/m1/s1. The second-order valence-electron chi connectivity index (χ2n) is 8.80. The number of nitrogens with zero attached hydrogens (tertiary/aromatic N) is 2. The van der Waals surface area contributed by atoms with Crippen molar-refractivity contribution in [3.05, 3.63) is 83.4 Å². The molecule has 0 aliphatic carbocycles. The van der Waals surface area contributed by atoms with Crippen molar-refractivity contribution in [2.24, 2.45) is 0 Å². The fourth-order valence-corrected chi connectivity index (χ4v) is 5.87. The molecule has 3 aromatic rings. The second kappa shape index (κ2) is 14.0. The largest absolute Gasteiger partial charge is 0.493 e. The van der Waals surface area contributed by atoms with Crippen molar-refractivity contribution in [3.8, 4) is 11.5 Å². The Morgan fingerprint density at radius 2 is 1.57 bits per heavy atom. The van der Waals surface area contributed by atoms with Crippen LogP contribution in [0.2, 0.25) is 5.02 Å². The van der Waals surface area contributed by atoms with E-state index < -0.39 is 28.5 Å². The summed E-state index contributed by atoms with van der Waals surface area (Å²) in [6.07, 6.45) is 0.309. The van der Waals surface area contributed by atoms with Crippen molar-refractivity contribution in [2.45, 2.75) is 37.8 Å². The minimum absolute atomic E-state index is 0.00556. The van der Waals surface area contributed by atoms with Crippen molar-refractivity contribution in [1.29, 1.82) is 0 Å². The summed E-state index contributed by atoms with van der Waals surface area (Å²) in [5, 5.41) is 3.20. The van der Waals surface area contributed by atoms with E-state index in [9.17, 15) is 18.0 Å². The Kier molecular flexibility index (Phi) is 10.8. The monoisotopic (exact) mass is 587 g/mol. The lowest BCUT2D eigenvalue weighted by molar-refractivity contribution is -0.140. The minimum atomic E-state index is -4.21. The zero-order valence-corrected chi connectivity index (χ0v) is 24.5. The van der Waals surface area contributed by atoms with Crippen LogP contribution in [0.3, 0.4) is 0 Å². The maximum absolute atomic E-state index is 14.0. The van der Waals surface area contributed by atoms with Crippen LogP contribution >= 0.6 is 11.6 Å². The van der Waals surface area contributed by atoms with E-state index in [-0.39, 0.29) is 23.0 Å². The van der Waals surface area contributed by atoms with Gasteiger partial charge in [0, 0.05) is 24.2 Å². The molecule has 214 valence electrons. The van der Waals surface area contributed by atoms with Crippen LogP contribution in [0.1, 0.15) is 25.8 Å². The second-order valence-corrected chi connectivity index (χ2v) is 11.1. The number of carbonyl (C=O) groups excluding carboxylic acids is 2. The fraction of sp³-hybridized carbons (Fsp3) is 0.310. The number of amides is 2. The van der Waals surface area contributed by atoms with E-state index in [1.54, 1.807) is 62.4 Å². The van der Waals surface area contributed by atoms with Crippen LogP contribution in [0.4, 0.5) is 5.69 Å². The van der Waals surface area contributed by atoms with Gasteiger partial charge in [0.1, 0.15) is 12.6 Å². The quantitative estimate of drug-likeness (QED) is 0.316. The molecule has 0 aliphatic rings. The van der Waals surface area contributed by atoms with Crippen LogP contribution < -0.4 is 19.1 Å². The summed E-state index contributed by atoms with van der Waals surface area (Å²) in [5.41, 5.74) is 0.822. The predicted octanol–water partition coefficient (Wildman–Crippen LogP) is 4.50. The summed E-state index contributed by atoms with van der Waals surface area (Å²) in [7, 11) is -1.30. The molecule has 0 bridgehead atoms. The molecule has 0 heterocycles. The van der Waals surface area contributed by atoms with Crippen LogP contribution in [0.15, 0.2) is 77.7 Å². The van der Waals surface area contributed by atoms with Gasteiger partial charge in [-0.2, -0.15) is 0 Å². The lowest BCUT2D eigenvalue weighted by Crippen LogP contribution is -2.52. The van der Waals surface area contributed by atoms with E-state index in [1.807, 2.05) is 0 Å². The average molecular weight is 588 g/mol. The number of sulfonamides is 1. The van der Waals surface area contributed by atoms with Crippen molar-refractivity contribution >= 4 is 39.1 Å². The van der Waals surface area contributed by atoms with Gasteiger partial charge in [-0.15, -0.1) is 0 Å². The lowest BCUT2D eigenvalue weighted by atomic mass is 10.1.